The highest BCUT2D eigenvalue weighted by molar-refractivity contribution is 5.95. The maximum atomic E-state index is 12.7. The molecule has 0 unspecified atom stereocenters. The smallest absolute Gasteiger partial charge is 0.251 e. The van der Waals surface area contributed by atoms with Crippen molar-refractivity contribution in [3.63, 3.8) is 0 Å². The summed E-state index contributed by atoms with van der Waals surface area (Å²) >= 11 is 0. The molecule has 1 amide bonds. The molecule has 5 nitrogen and oxygen atoms in total. The molecule has 0 fully saturated rings. The Morgan fingerprint density at radius 1 is 0.897 bits per heavy atom. The standard InChI is InChI=1S/C24H21N3O2/c28-24(25-16-18-10-12-19(13-11-18)23-14-15-26-27-23)22-9-5-4-6-20(22)17-29-21-7-2-1-3-8-21/h1-15H,16-17H2,(H,25,28)(H,26,27). The summed E-state index contributed by atoms with van der Waals surface area (Å²) in [5, 5.41) is 9.90. The molecule has 4 rings (SSSR count). The van der Waals surface area contributed by atoms with Crippen LogP contribution in [0.25, 0.3) is 11.3 Å². The molecule has 0 atom stereocenters. The van der Waals surface area contributed by atoms with Gasteiger partial charge in [-0.25, -0.2) is 0 Å². The molecule has 5 heteroatoms. The number of ether oxygens (including phenoxy) is 1. The van der Waals surface area contributed by atoms with Gasteiger partial charge in [0.05, 0.1) is 5.69 Å². The van der Waals surface area contributed by atoms with Gasteiger partial charge >= 0.3 is 0 Å². The Balaban J connectivity index is 1.38. The van der Waals surface area contributed by atoms with Gasteiger partial charge in [0.1, 0.15) is 12.4 Å². The Hall–Kier alpha value is -3.86. The van der Waals surface area contributed by atoms with Crippen LogP contribution >= 0.6 is 0 Å². The van der Waals surface area contributed by atoms with E-state index in [0.29, 0.717) is 18.7 Å². The van der Waals surface area contributed by atoms with Crippen molar-refractivity contribution in [2.45, 2.75) is 13.2 Å². The zero-order valence-corrected chi connectivity index (χ0v) is 15.8. The molecule has 0 radical (unpaired) electrons. The second-order valence-electron chi connectivity index (χ2n) is 6.61. The predicted octanol–water partition coefficient (Wildman–Crippen LogP) is 4.59. The number of hydrogen-bond acceptors (Lipinski definition) is 3. The number of amides is 1. The van der Waals surface area contributed by atoms with Gasteiger partial charge in [-0.1, -0.05) is 60.7 Å². The Bertz CT molecular complexity index is 1060. The summed E-state index contributed by atoms with van der Waals surface area (Å²) in [6, 6.07) is 27.0. The van der Waals surface area contributed by atoms with E-state index in [1.807, 2.05) is 84.9 Å². The molecule has 0 aliphatic carbocycles. The van der Waals surface area contributed by atoms with Crippen LogP contribution in [0, 0.1) is 0 Å². The first-order valence-corrected chi connectivity index (χ1v) is 9.42. The highest BCUT2D eigenvalue weighted by atomic mass is 16.5. The highest BCUT2D eigenvalue weighted by Gasteiger charge is 2.11. The first kappa shape index (κ1) is 18.5. The molecule has 0 aliphatic rings. The van der Waals surface area contributed by atoms with E-state index < -0.39 is 0 Å². The van der Waals surface area contributed by atoms with Crippen LogP contribution in [-0.2, 0) is 13.2 Å². The molecule has 2 N–H and O–H groups in total. The van der Waals surface area contributed by atoms with Gasteiger partial charge in [0.15, 0.2) is 0 Å². The number of H-pyrrole nitrogens is 1. The molecule has 4 aromatic rings. The van der Waals surface area contributed by atoms with E-state index in [4.69, 9.17) is 4.74 Å². The van der Waals surface area contributed by atoms with Gasteiger partial charge in [-0.3, -0.25) is 9.89 Å². The van der Waals surface area contributed by atoms with Gasteiger partial charge in [-0.2, -0.15) is 5.10 Å². The topological polar surface area (TPSA) is 67.0 Å². The number of carbonyl (C=O) groups excluding carboxylic acids is 1. The van der Waals surface area contributed by atoms with Crippen molar-refractivity contribution >= 4 is 5.91 Å². The van der Waals surface area contributed by atoms with E-state index in [1.54, 1.807) is 6.20 Å². The van der Waals surface area contributed by atoms with Crippen LogP contribution in [0.2, 0.25) is 0 Å². The fourth-order valence-electron chi connectivity index (χ4n) is 3.04. The molecule has 0 bridgehead atoms. The SMILES string of the molecule is O=C(NCc1ccc(-c2ccn[nH]2)cc1)c1ccccc1COc1ccccc1. The minimum absolute atomic E-state index is 0.116. The Morgan fingerprint density at radius 3 is 2.41 bits per heavy atom. The lowest BCUT2D eigenvalue weighted by molar-refractivity contribution is 0.0948. The summed E-state index contributed by atoms with van der Waals surface area (Å²) in [6.07, 6.45) is 1.72. The van der Waals surface area contributed by atoms with Crippen molar-refractivity contribution in [3.05, 3.63) is 108 Å². The largest absolute Gasteiger partial charge is 0.489 e. The van der Waals surface area contributed by atoms with E-state index in [1.165, 1.54) is 0 Å². The van der Waals surface area contributed by atoms with Gasteiger partial charge in [-0.05, 0) is 35.4 Å². The molecule has 1 heterocycles. The van der Waals surface area contributed by atoms with Crippen LogP contribution in [0.1, 0.15) is 21.5 Å². The number of aromatic nitrogens is 2. The molecule has 144 valence electrons. The number of para-hydroxylation sites is 1. The lowest BCUT2D eigenvalue weighted by Crippen LogP contribution is -2.24. The number of carbonyl (C=O) groups is 1. The second-order valence-corrected chi connectivity index (χ2v) is 6.61. The Morgan fingerprint density at radius 2 is 1.66 bits per heavy atom. The number of aromatic amines is 1. The van der Waals surface area contributed by atoms with Crippen molar-refractivity contribution in [2.24, 2.45) is 0 Å². The van der Waals surface area contributed by atoms with Gasteiger partial charge in [0.25, 0.3) is 5.91 Å². The quantitative estimate of drug-likeness (QED) is 0.491. The third-order valence-corrected chi connectivity index (χ3v) is 4.62. The lowest BCUT2D eigenvalue weighted by atomic mass is 10.1. The number of hydrogen-bond donors (Lipinski definition) is 2. The average molecular weight is 383 g/mol. The number of nitrogens with zero attached hydrogens (tertiary/aromatic N) is 1. The lowest BCUT2D eigenvalue weighted by Gasteiger charge is -2.12. The van der Waals surface area contributed by atoms with Crippen LogP contribution in [0.15, 0.2) is 91.1 Å². The summed E-state index contributed by atoms with van der Waals surface area (Å²) in [4.78, 5) is 12.7. The first-order valence-electron chi connectivity index (χ1n) is 9.42. The fourth-order valence-corrected chi connectivity index (χ4v) is 3.04. The molecule has 0 saturated heterocycles. The zero-order chi connectivity index (χ0) is 19.9. The maximum absolute atomic E-state index is 12.7. The molecule has 29 heavy (non-hydrogen) atoms. The fraction of sp³-hybridized carbons (Fsp3) is 0.0833. The van der Waals surface area contributed by atoms with Crippen molar-refractivity contribution in [1.82, 2.24) is 15.5 Å². The van der Waals surface area contributed by atoms with Crippen LogP contribution in [-0.4, -0.2) is 16.1 Å². The van der Waals surface area contributed by atoms with Gasteiger partial charge in [0.2, 0.25) is 0 Å². The maximum Gasteiger partial charge on any atom is 0.251 e. The molecular formula is C24H21N3O2. The average Bonchev–Trinajstić information content (AvgIpc) is 3.32. The van der Waals surface area contributed by atoms with Crippen molar-refractivity contribution < 1.29 is 9.53 Å². The van der Waals surface area contributed by atoms with Crippen LogP contribution < -0.4 is 10.1 Å². The van der Waals surface area contributed by atoms with Gasteiger partial charge < -0.3 is 10.1 Å². The minimum atomic E-state index is -0.116. The summed E-state index contributed by atoms with van der Waals surface area (Å²) in [7, 11) is 0. The Labute approximate surface area is 169 Å². The van der Waals surface area contributed by atoms with Crippen molar-refractivity contribution in [2.75, 3.05) is 0 Å². The minimum Gasteiger partial charge on any atom is -0.489 e. The van der Waals surface area contributed by atoms with E-state index in [0.717, 1.165) is 28.1 Å². The second kappa shape index (κ2) is 8.89. The summed E-state index contributed by atoms with van der Waals surface area (Å²) in [5.41, 5.74) is 4.52. The van der Waals surface area contributed by atoms with Crippen LogP contribution in [0.3, 0.4) is 0 Å². The summed E-state index contributed by atoms with van der Waals surface area (Å²) in [6.45, 7) is 0.794. The van der Waals surface area contributed by atoms with Crippen molar-refractivity contribution in [1.29, 1.82) is 0 Å². The molecule has 0 spiro atoms. The van der Waals surface area contributed by atoms with E-state index in [9.17, 15) is 4.79 Å². The Kier molecular flexibility index (Phi) is 5.67. The predicted molar refractivity (Wildman–Crippen MR) is 112 cm³/mol. The summed E-state index contributed by atoms with van der Waals surface area (Å²) < 4.78 is 5.81. The number of benzene rings is 3. The molecule has 1 aromatic heterocycles. The van der Waals surface area contributed by atoms with Gasteiger partial charge in [0, 0.05) is 23.9 Å². The molecular weight excluding hydrogens is 362 g/mol. The van der Waals surface area contributed by atoms with E-state index in [-0.39, 0.29) is 5.91 Å². The monoisotopic (exact) mass is 383 g/mol. The van der Waals surface area contributed by atoms with E-state index >= 15 is 0 Å². The molecule has 0 aliphatic heterocycles. The zero-order valence-electron chi connectivity index (χ0n) is 15.8. The number of rotatable bonds is 7. The first-order chi connectivity index (χ1) is 14.3. The third kappa shape index (κ3) is 4.71. The van der Waals surface area contributed by atoms with Crippen LogP contribution in [0.4, 0.5) is 0 Å². The molecule has 0 saturated carbocycles. The number of nitrogens with one attached hydrogen (secondary N) is 2. The highest BCUT2D eigenvalue weighted by Crippen LogP contribution is 2.17. The van der Waals surface area contributed by atoms with E-state index in [2.05, 4.69) is 15.5 Å². The van der Waals surface area contributed by atoms with Gasteiger partial charge in [-0.15, -0.1) is 0 Å². The van der Waals surface area contributed by atoms with Crippen molar-refractivity contribution in [3.8, 4) is 17.0 Å². The normalized spacial score (nSPS) is 10.5. The summed E-state index contributed by atoms with van der Waals surface area (Å²) in [5.74, 6) is 0.662. The third-order valence-electron chi connectivity index (χ3n) is 4.62. The molecule has 3 aromatic carbocycles. The van der Waals surface area contributed by atoms with Crippen LogP contribution in [0.5, 0.6) is 5.75 Å².